The molecule has 0 spiro atoms. The molecule has 0 saturated heterocycles. The standard InChI is InChI=1S/C18H19FN2O3S/c1-12-3-4-13(2)16(9-12)24-10-17(22)20-21-18(23)11-25-15-7-5-14(19)6-8-15/h3-9H,10-11H2,1-2H3,(H,20,22)(H,21,23). The van der Waals surface area contributed by atoms with Crippen LogP contribution in [0.5, 0.6) is 5.75 Å². The van der Waals surface area contributed by atoms with E-state index in [1.54, 1.807) is 12.1 Å². The van der Waals surface area contributed by atoms with E-state index < -0.39 is 5.91 Å². The Morgan fingerprint density at radius 3 is 2.44 bits per heavy atom. The van der Waals surface area contributed by atoms with Crippen LogP contribution in [0.3, 0.4) is 0 Å². The largest absolute Gasteiger partial charge is 0.483 e. The van der Waals surface area contributed by atoms with E-state index >= 15 is 0 Å². The van der Waals surface area contributed by atoms with E-state index in [0.29, 0.717) is 5.75 Å². The maximum Gasteiger partial charge on any atom is 0.276 e. The Morgan fingerprint density at radius 1 is 1.04 bits per heavy atom. The van der Waals surface area contributed by atoms with E-state index in [4.69, 9.17) is 4.74 Å². The van der Waals surface area contributed by atoms with Gasteiger partial charge in [-0.05, 0) is 55.3 Å². The van der Waals surface area contributed by atoms with Crippen LogP contribution in [0.4, 0.5) is 4.39 Å². The molecule has 0 radical (unpaired) electrons. The second-order valence-corrected chi connectivity index (χ2v) is 6.45. The number of aryl methyl sites for hydroxylation is 2. The van der Waals surface area contributed by atoms with E-state index in [9.17, 15) is 14.0 Å². The molecular weight excluding hydrogens is 343 g/mol. The molecule has 0 aliphatic rings. The van der Waals surface area contributed by atoms with Gasteiger partial charge in [-0.25, -0.2) is 4.39 Å². The van der Waals surface area contributed by atoms with Crippen molar-refractivity contribution in [3.8, 4) is 5.75 Å². The highest BCUT2D eigenvalue weighted by atomic mass is 32.2. The molecule has 0 aliphatic carbocycles. The number of ether oxygens (including phenoxy) is 1. The van der Waals surface area contributed by atoms with Crippen LogP contribution in [0.2, 0.25) is 0 Å². The Labute approximate surface area is 149 Å². The van der Waals surface area contributed by atoms with Crippen LogP contribution in [0.25, 0.3) is 0 Å². The second-order valence-electron chi connectivity index (χ2n) is 5.40. The number of hydrogen-bond acceptors (Lipinski definition) is 4. The van der Waals surface area contributed by atoms with Crippen molar-refractivity contribution in [2.45, 2.75) is 18.7 Å². The zero-order valence-corrected chi connectivity index (χ0v) is 14.8. The lowest BCUT2D eigenvalue weighted by molar-refractivity contribution is -0.128. The third-order valence-electron chi connectivity index (χ3n) is 3.23. The average Bonchev–Trinajstić information content (AvgIpc) is 2.60. The summed E-state index contributed by atoms with van der Waals surface area (Å²) < 4.78 is 18.2. The number of hydrazine groups is 1. The molecule has 7 heteroatoms. The molecule has 2 aromatic carbocycles. The van der Waals surface area contributed by atoms with Gasteiger partial charge in [-0.1, -0.05) is 12.1 Å². The lowest BCUT2D eigenvalue weighted by Crippen LogP contribution is -2.44. The van der Waals surface area contributed by atoms with E-state index in [1.165, 1.54) is 23.9 Å². The number of rotatable bonds is 6. The fraction of sp³-hybridized carbons (Fsp3) is 0.222. The first kappa shape index (κ1) is 18.8. The van der Waals surface area contributed by atoms with Gasteiger partial charge in [0.1, 0.15) is 11.6 Å². The maximum absolute atomic E-state index is 12.8. The summed E-state index contributed by atoms with van der Waals surface area (Å²) in [6, 6.07) is 11.5. The van der Waals surface area contributed by atoms with Crippen molar-refractivity contribution in [2.24, 2.45) is 0 Å². The van der Waals surface area contributed by atoms with Gasteiger partial charge in [-0.15, -0.1) is 11.8 Å². The molecule has 2 rings (SSSR count). The van der Waals surface area contributed by atoms with Crippen molar-refractivity contribution in [3.63, 3.8) is 0 Å². The molecule has 0 aromatic heterocycles. The molecule has 2 aromatic rings. The van der Waals surface area contributed by atoms with E-state index in [-0.39, 0.29) is 24.1 Å². The third kappa shape index (κ3) is 6.46. The summed E-state index contributed by atoms with van der Waals surface area (Å²) in [5.41, 5.74) is 6.57. The molecule has 0 aliphatic heterocycles. The summed E-state index contributed by atoms with van der Waals surface area (Å²) in [6.45, 7) is 3.63. The van der Waals surface area contributed by atoms with Crippen LogP contribution < -0.4 is 15.6 Å². The molecular formula is C18H19FN2O3S. The quantitative estimate of drug-likeness (QED) is 0.613. The minimum absolute atomic E-state index is 0.101. The minimum Gasteiger partial charge on any atom is -0.483 e. The molecule has 0 bridgehead atoms. The summed E-state index contributed by atoms with van der Waals surface area (Å²) in [4.78, 5) is 24.2. The summed E-state index contributed by atoms with van der Waals surface area (Å²) >= 11 is 1.24. The molecule has 0 saturated carbocycles. The van der Waals surface area contributed by atoms with Crippen LogP contribution >= 0.6 is 11.8 Å². The van der Waals surface area contributed by atoms with Gasteiger partial charge >= 0.3 is 0 Å². The van der Waals surface area contributed by atoms with Crippen LogP contribution in [0.15, 0.2) is 47.4 Å². The Kier molecular flexibility index (Phi) is 6.82. The Balaban J connectivity index is 1.69. The van der Waals surface area contributed by atoms with Crippen LogP contribution in [0, 0.1) is 19.7 Å². The Bertz CT molecular complexity index is 750. The first-order chi connectivity index (χ1) is 11.9. The van der Waals surface area contributed by atoms with Gasteiger partial charge < -0.3 is 4.74 Å². The number of halogens is 1. The normalized spacial score (nSPS) is 10.2. The average molecular weight is 362 g/mol. The highest BCUT2D eigenvalue weighted by molar-refractivity contribution is 8.00. The predicted octanol–water partition coefficient (Wildman–Crippen LogP) is 2.76. The number of amides is 2. The molecule has 0 fully saturated rings. The Hall–Kier alpha value is -2.54. The van der Waals surface area contributed by atoms with E-state index in [2.05, 4.69) is 10.9 Å². The fourth-order valence-corrected chi connectivity index (χ4v) is 2.60. The van der Waals surface area contributed by atoms with Crippen molar-refractivity contribution in [3.05, 3.63) is 59.4 Å². The first-order valence-electron chi connectivity index (χ1n) is 7.60. The molecule has 0 heterocycles. The van der Waals surface area contributed by atoms with Crippen molar-refractivity contribution >= 4 is 23.6 Å². The molecule has 2 amide bonds. The van der Waals surface area contributed by atoms with Crippen LogP contribution in [-0.4, -0.2) is 24.2 Å². The number of benzene rings is 2. The number of hydrogen-bond donors (Lipinski definition) is 2. The van der Waals surface area contributed by atoms with Crippen LogP contribution in [0.1, 0.15) is 11.1 Å². The van der Waals surface area contributed by atoms with Crippen LogP contribution in [-0.2, 0) is 9.59 Å². The zero-order chi connectivity index (χ0) is 18.2. The molecule has 0 atom stereocenters. The van der Waals surface area contributed by atoms with E-state index in [1.807, 2.05) is 32.0 Å². The summed E-state index contributed by atoms with van der Waals surface area (Å²) in [7, 11) is 0. The summed E-state index contributed by atoms with van der Waals surface area (Å²) in [5, 5.41) is 0. The highest BCUT2D eigenvalue weighted by Crippen LogP contribution is 2.19. The maximum atomic E-state index is 12.8. The lowest BCUT2D eigenvalue weighted by Gasteiger charge is -2.11. The number of nitrogens with one attached hydrogen (secondary N) is 2. The van der Waals surface area contributed by atoms with Gasteiger partial charge in [0.05, 0.1) is 5.75 Å². The SMILES string of the molecule is Cc1ccc(C)c(OCC(=O)NNC(=O)CSc2ccc(F)cc2)c1. The number of carbonyl (C=O) groups is 2. The van der Waals surface area contributed by atoms with Crippen molar-refractivity contribution in [1.29, 1.82) is 0 Å². The summed E-state index contributed by atoms with van der Waals surface area (Å²) in [5.74, 6) is -0.419. The van der Waals surface area contributed by atoms with E-state index in [0.717, 1.165) is 16.0 Å². The van der Waals surface area contributed by atoms with Gasteiger partial charge in [-0.2, -0.15) is 0 Å². The fourth-order valence-electron chi connectivity index (χ4n) is 1.90. The highest BCUT2D eigenvalue weighted by Gasteiger charge is 2.08. The molecule has 0 unspecified atom stereocenters. The van der Waals surface area contributed by atoms with Gasteiger partial charge in [-0.3, -0.25) is 20.4 Å². The van der Waals surface area contributed by atoms with Gasteiger partial charge in [0.15, 0.2) is 6.61 Å². The smallest absolute Gasteiger partial charge is 0.276 e. The van der Waals surface area contributed by atoms with Crippen molar-refractivity contribution < 1.29 is 18.7 Å². The number of thioether (sulfide) groups is 1. The topological polar surface area (TPSA) is 67.4 Å². The van der Waals surface area contributed by atoms with Crippen molar-refractivity contribution in [1.82, 2.24) is 10.9 Å². The van der Waals surface area contributed by atoms with Crippen molar-refractivity contribution in [2.75, 3.05) is 12.4 Å². The molecule has 25 heavy (non-hydrogen) atoms. The third-order valence-corrected chi connectivity index (χ3v) is 4.24. The van der Waals surface area contributed by atoms with Gasteiger partial charge in [0, 0.05) is 4.90 Å². The predicted molar refractivity (Wildman–Crippen MR) is 94.8 cm³/mol. The molecule has 2 N–H and O–H groups in total. The minimum atomic E-state index is -0.457. The first-order valence-corrected chi connectivity index (χ1v) is 8.58. The second kappa shape index (κ2) is 9.08. The van der Waals surface area contributed by atoms with Gasteiger partial charge in [0.25, 0.3) is 5.91 Å². The zero-order valence-electron chi connectivity index (χ0n) is 14.0. The molecule has 132 valence electrons. The summed E-state index contributed by atoms with van der Waals surface area (Å²) in [6.07, 6.45) is 0. The monoisotopic (exact) mass is 362 g/mol. The number of carbonyl (C=O) groups excluding carboxylic acids is 2. The lowest BCUT2D eigenvalue weighted by atomic mass is 10.1. The molecule has 5 nitrogen and oxygen atoms in total. The Morgan fingerprint density at radius 2 is 1.72 bits per heavy atom. The van der Waals surface area contributed by atoms with Gasteiger partial charge in [0.2, 0.25) is 5.91 Å².